The Morgan fingerprint density at radius 2 is 2.00 bits per heavy atom. The third-order valence-electron chi connectivity index (χ3n) is 1.41. The molecule has 74 valence electrons. The van der Waals surface area contributed by atoms with Crippen LogP contribution in [0.1, 0.15) is 13.8 Å². The molecule has 0 spiro atoms. The van der Waals surface area contributed by atoms with Crippen LogP contribution in [0.5, 0.6) is 0 Å². The van der Waals surface area contributed by atoms with Gasteiger partial charge in [-0.2, -0.15) is 5.10 Å². The van der Waals surface area contributed by atoms with Crippen molar-refractivity contribution in [1.29, 1.82) is 0 Å². The minimum absolute atomic E-state index is 0.158. The Hall–Kier alpha value is -0.360. The Labute approximate surface area is 86.4 Å². The number of rotatable bonds is 1. The van der Waals surface area contributed by atoms with Gasteiger partial charge in [-0.3, -0.25) is 0 Å². The average molecular weight is 219 g/mol. The van der Waals surface area contributed by atoms with Crippen LogP contribution in [0.15, 0.2) is 10.3 Å². The molecule has 1 fully saturated rings. The van der Waals surface area contributed by atoms with E-state index >= 15 is 0 Å². The number of oxime groups is 1. The quantitative estimate of drug-likeness (QED) is 0.540. The van der Waals surface area contributed by atoms with Crippen molar-refractivity contribution in [3.05, 3.63) is 0 Å². The minimum Gasteiger partial charge on any atom is -0.410 e. The lowest BCUT2D eigenvalue weighted by Gasteiger charge is -2.12. The fourth-order valence-corrected chi connectivity index (χ4v) is 3.54. The number of thioether (sulfide) groups is 2. The van der Waals surface area contributed by atoms with Gasteiger partial charge < -0.3 is 10.2 Å². The van der Waals surface area contributed by atoms with E-state index in [4.69, 9.17) is 5.21 Å². The van der Waals surface area contributed by atoms with Crippen molar-refractivity contribution in [3.63, 3.8) is 0 Å². The van der Waals surface area contributed by atoms with Crippen molar-refractivity contribution >= 4 is 32.9 Å². The molecule has 0 aliphatic carbocycles. The van der Waals surface area contributed by atoms with E-state index in [9.17, 15) is 0 Å². The van der Waals surface area contributed by atoms with Gasteiger partial charge in [0.1, 0.15) is 5.04 Å². The van der Waals surface area contributed by atoms with Gasteiger partial charge in [0, 0.05) is 14.1 Å². The lowest BCUT2D eigenvalue weighted by molar-refractivity contribution is 0.319. The van der Waals surface area contributed by atoms with Gasteiger partial charge in [-0.25, -0.2) is 0 Å². The Morgan fingerprint density at radius 1 is 1.38 bits per heavy atom. The van der Waals surface area contributed by atoms with Gasteiger partial charge in [-0.1, -0.05) is 16.9 Å². The number of nitrogens with zero attached hydrogens (tertiary/aromatic N) is 3. The van der Waals surface area contributed by atoms with Crippen molar-refractivity contribution < 1.29 is 5.21 Å². The van der Waals surface area contributed by atoms with E-state index in [0.29, 0.717) is 5.04 Å². The molecule has 1 aliphatic rings. The van der Waals surface area contributed by atoms with Crippen LogP contribution in [0.4, 0.5) is 0 Å². The summed E-state index contributed by atoms with van der Waals surface area (Å²) in [5.41, 5.74) is 0. The summed E-state index contributed by atoms with van der Waals surface area (Å²) in [6.07, 6.45) is 0. The first kappa shape index (κ1) is 10.7. The average Bonchev–Trinajstić information content (AvgIpc) is 2.23. The normalized spacial score (nSPS) is 27.1. The second kappa shape index (κ2) is 3.79. The van der Waals surface area contributed by atoms with E-state index < -0.39 is 0 Å². The number of hydrogen-bond donors (Lipinski definition) is 1. The smallest absolute Gasteiger partial charge is 0.157 e. The SMILES string of the molecule is CN(C)N=C1SC(=NO)C(C)(C)S1. The molecule has 1 heterocycles. The monoisotopic (exact) mass is 219 g/mol. The first-order valence-electron chi connectivity index (χ1n) is 3.81. The lowest BCUT2D eigenvalue weighted by atomic mass is 10.2. The molecule has 0 radical (unpaired) electrons. The van der Waals surface area contributed by atoms with Gasteiger partial charge in [0.25, 0.3) is 0 Å². The fourth-order valence-electron chi connectivity index (χ4n) is 0.833. The summed E-state index contributed by atoms with van der Waals surface area (Å²) in [4.78, 5) is 0. The topological polar surface area (TPSA) is 48.2 Å². The molecular weight excluding hydrogens is 206 g/mol. The third kappa shape index (κ3) is 2.54. The highest BCUT2D eigenvalue weighted by molar-refractivity contribution is 8.50. The summed E-state index contributed by atoms with van der Waals surface area (Å²) >= 11 is 3.03. The van der Waals surface area contributed by atoms with Crippen LogP contribution in [0.25, 0.3) is 0 Å². The highest BCUT2D eigenvalue weighted by Crippen LogP contribution is 2.43. The van der Waals surface area contributed by atoms with Crippen LogP contribution in [0.2, 0.25) is 0 Å². The maximum Gasteiger partial charge on any atom is 0.157 e. The molecule has 0 aromatic rings. The predicted molar refractivity (Wildman–Crippen MR) is 59.6 cm³/mol. The molecule has 1 saturated heterocycles. The molecule has 0 aromatic heterocycles. The van der Waals surface area contributed by atoms with Crippen molar-refractivity contribution in [2.45, 2.75) is 18.6 Å². The van der Waals surface area contributed by atoms with Crippen LogP contribution in [-0.4, -0.2) is 38.5 Å². The van der Waals surface area contributed by atoms with Gasteiger partial charge in [0.05, 0.1) is 4.75 Å². The molecule has 1 rings (SSSR count). The van der Waals surface area contributed by atoms with E-state index in [1.54, 1.807) is 16.8 Å². The third-order valence-corrected chi connectivity index (χ3v) is 4.04. The molecule has 0 aromatic carbocycles. The van der Waals surface area contributed by atoms with Gasteiger partial charge in [-0.05, 0) is 25.6 Å². The number of hydrogen-bond acceptors (Lipinski definition) is 6. The summed E-state index contributed by atoms with van der Waals surface area (Å²) in [5.74, 6) is 0. The van der Waals surface area contributed by atoms with Crippen LogP contribution in [0, 0.1) is 0 Å². The second-order valence-electron chi connectivity index (χ2n) is 3.33. The summed E-state index contributed by atoms with van der Waals surface area (Å²) in [5, 5.41) is 18.7. The van der Waals surface area contributed by atoms with Gasteiger partial charge in [0.15, 0.2) is 4.38 Å². The zero-order valence-corrected chi connectivity index (χ0v) is 9.74. The molecule has 1 N–H and O–H groups in total. The zero-order chi connectivity index (χ0) is 10.1. The highest BCUT2D eigenvalue weighted by atomic mass is 32.2. The van der Waals surface area contributed by atoms with E-state index in [2.05, 4.69) is 10.3 Å². The molecule has 6 heteroatoms. The first-order valence-corrected chi connectivity index (χ1v) is 5.44. The van der Waals surface area contributed by atoms with Crippen molar-refractivity contribution in [1.82, 2.24) is 5.01 Å². The summed E-state index contributed by atoms with van der Waals surface area (Å²) in [6.45, 7) is 4.02. The molecule has 0 saturated carbocycles. The van der Waals surface area contributed by atoms with E-state index in [-0.39, 0.29) is 4.75 Å². The molecule has 4 nitrogen and oxygen atoms in total. The van der Waals surface area contributed by atoms with Crippen LogP contribution in [-0.2, 0) is 0 Å². The maximum atomic E-state index is 8.74. The Morgan fingerprint density at radius 3 is 2.38 bits per heavy atom. The summed E-state index contributed by atoms with van der Waals surface area (Å²) in [6, 6.07) is 0. The molecular formula is C7H13N3OS2. The molecule has 0 unspecified atom stereocenters. The second-order valence-corrected chi connectivity index (χ2v) is 6.18. The van der Waals surface area contributed by atoms with Crippen molar-refractivity contribution in [3.8, 4) is 0 Å². The highest BCUT2D eigenvalue weighted by Gasteiger charge is 2.38. The molecule has 1 aliphatic heterocycles. The predicted octanol–water partition coefficient (Wildman–Crippen LogP) is 1.87. The lowest BCUT2D eigenvalue weighted by Crippen LogP contribution is -2.19. The van der Waals surface area contributed by atoms with Crippen LogP contribution >= 0.6 is 23.5 Å². The van der Waals surface area contributed by atoms with Crippen molar-refractivity contribution in [2.24, 2.45) is 10.3 Å². The van der Waals surface area contributed by atoms with E-state index in [0.717, 1.165) is 4.38 Å². The minimum atomic E-state index is -0.158. The summed E-state index contributed by atoms with van der Waals surface area (Å²) < 4.78 is 0.761. The standard InChI is InChI=1S/C7H13N3OS2/c1-7(2)5(9-11)12-6(13-7)8-10(3)4/h11H,1-4H3. The summed E-state index contributed by atoms with van der Waals surface area (Å²) in [7, 11) is 3.74. The molecule has 13 heavy (non-hydrogen) atoms. The zero-order valence-electron chi connectivity index (χ0n) is 8.11. The Kier molecular flexibility index (Phi) is 3.13. The van der Waals surface area contributed by atoms with Gasteiger partial charge in [0.2, 0.25) is 0 Å². The van der Waals surface area contributed by atoms with Crippen LogP contribution in [0.3, 0.4) is 0 Å². The van der Waals surface area contributed by atoms with Gasteiger partial charge in [-0.15, -0.1) is 0 Å². The van der Waals surface area contributed by atoms with E-state index in [1.807, 2.05) is 27.9 Å². The maximum absolute atomic E-state index is 8.74. The van der Waals surface area contributed by atoms with E-state index in [1.165, 1.54) is 11.8 Å². The largest absolute Gasteiger partial charge is 0.410 e. The van der Waals surface area contributed by atoms with Crippen LogP contribution < -0.4 is 0 Å². The Bertz CT molecular complexity index is 260. The Balaban J connectivity index is 2.82. The first-order chi connectivity index (χ1) is 5.95. The molecule has 0 bridgehead atoms. The number of hydrazone groups is 1. The fraction of sp³-hybridized carbons (Fsp3) is 0.714. The molecule has 0 atom stereocenters. The van der Waals surface area contributed by atoms with Crippen molar-refractivity contribution in [2.75, 3.05) is 14.1 Å². The molecule has 0 amide bonds. The van der Waals surface area contributed by atoms with Gasteiger partial charge >= 0.3 is 0 Å².